The first kappa shape index (κ1) is 19.2. The SMILES string of the molecule is Cc1cc(-c2ccc(C(F)(F)F)cc2)cc2c3ccccc3c[n+](C)c12.[Cl-]. The summed E-state index contributed by atoms with van der Waals surface area (Å²) in [5.41, 5.74) is 3.28. The van der Waals surface area contributed by atoms with Crippen molar-refractivity contribution >= 4 is 21.7 Å². The second-order valence-electron chi connectivity index (χ2n) is 6.59. The summed E-state index contributed by atoms with van der Waals surface area (Å²) in [5.74, 6) is 0. The molecule has 0 fully saturated rings. The predicted molar refractivity (Wildman–Crippen MR) is 97.8 cm³/mol. The molecule has 1 heterocycles. The maximum absolute atomic E-state index is 12.8. The summed E-state index contributed by atoms with van der Waals surface area (Å²) in [6.07, 6.45) is -2.22. The first-order valence-electron chi connectivity index (χ1n) is 8.34. The largest absolute Gasteiger partial charge is 1.00 e. The fourth-order valence-corrected chi connectivity index (χ4v) is 3.60. The Labute approximate surface area is 161 Å². The molecule has 0 aliphatic heterocycles. The Morgan fingerprint density at radius 2 is 1.48 bits per heavy atom. The summed E-state index contributed by atoms with van der Waals surface area (Å²) in [6.45, 7) is 2.03. The number of alkyl halides is 3. The zero-order valence-corrected chi connectivity index (χ0v) is 15.6. The molecule has 0 N–H and O–H groups in total. The van der Waals surface area contributed by atoms with Crippen LogP contribution >= 0.6 is 0 Å². The number of halogens is 4. The van der Waals surface area contributed by atoms with Crippen molar-refractivity contribution in [3.8, 4) is 11.1 Å². The molecule has 0 atom stereocenters. The minimum Gasteiger partial charge on any atom is -1.00 e. The van der Waals surface area contributed by atoms with Crippen molar-refractivity contribution in [2.45, 2.75) is 13.1 Å². The van der Waals surface area contributed by atoms with Gasteiger partial charge in [0.25, 0.3) is 0 Å². The number of hydrogen-bond acceptors (Lipinski definition) is 0. The second-order valence-corrected chi connectivity index (χ2v) is 6.59. The lowest BCUT2D eigenvalue weighted by molar-refractivity contribution is -0.643. The number of hydrogen-bond donors (Lipinski definition) is 0. The van der Waals surface area contributed by atoms with Crippen LogP contribution in [0.25, 0.3) is 32.8 Å². The van der Waals surface area contributed by atoms with Gasteiger partial charge < -0.3 is 12.4 Å². The quantitative estimate of drug-likeness (QED) is 0.349. The normalized spacial score (nSPS) is 11.6. The van der Waals surface area contributed by atoms with E-state index in [1.807, 2.05) is 32.2 Å². The lowest BCUT2D eigenvalue weighted by atomic mass is 9.96. The molecule has 4 aromatic rings. The van der Waals surface area contributed by atoms with Gasteiger partial charge in [-0.05, 0) is 48.4 Å². The Bertz CT molecular complexity index is 1130. The zero-order chi connectivity index (χ0) is 18.5. The Hall–Kier alpha value is -2.59. The van der Waals surface area contributed by atoms with Gasteiger partial charge in [0.2, 0.25) is 5.52 Å². The van der Waals surface area contributed by atoms with Crippen molar-refractivity contribution in [3.63, 3.8) is 0 Å². The molecule has 0 spiro atoms. The molecular weight excluding hydrogens is 371 g/mol. The predicted octanol–water partition coefficient (Wildman–Crippen LogP) is 2.82. The Morgan fingerprint density at radius 3 is 2.15 bits per heavy atom. The average Bonchev–Trinajstić information content (AvgIpc) is 2.60. The lowest BCUT2D eigenvalue weighted by Gasteiger charge is -2.10. The smallest absolute Gasteiger partial charge is 0.416 e. The average molecular weight is 388 g/mol. The number of aromatic nitrogens is 1. The lowest BCUT2D eigenvalue weighted by Crippen LogP contribution is -3.00. The molecule has 0 radical (unpaired) electrons. The Balaban J connectivity index is 0.00000210. The molecule has 4 rings (SSSR count). The molecule has 5 heteroatoms. The van der Waals surface area contributed by atoms with Crippen LogP contribution in [0.2, 0.25) is 0 Å². The van der Waals surface area contributed by atoms with Crippen LogP contribution in [0.4, 0.5) is 13.2 Å². The molecule has 27 heavy (non-hydrogen) atoms. The Kier molecular flexibility index (Phi) is 4.87. The van der Waals surface area contributed by atoms with Crippen LogP contribution in [0.1, 0.15) is 11.1 Å². The van der Waals surface area contributed by atoms with Gasteiger partial charge in [0.15, 0.2) is 6.20 Å². The van der Waals surface area contributed by atoms with E-state index in [0.717, 1.165) is 50.5 Å². The van der Waals surface area contributed by atoms with Gasteiger partial charge in [-0.2, -0.15) is 13.2 Å². The van der Waals surface area contributed by atoms with Crippen LogP contribution in [0.5, 0.6) is 0 Å². The van der Waals surface area contributed by atoms with E-state index in [-0.39, 0.29) is 12.4 Å². The molecular formula is C22H17ClF3N. The van der Waals surface area contributed by atoms with Gasteiger partial charge in [-0.25, -0.2) is 4.57 Å². The molecule has 0 saturated heterocycles. The third kappa shape index (κ3) is 3.37. The van der Waals surface area contributed by atoms with Crippen LogP contribution < -0.4 is 17.0 Å². The fourth-order valence-electron chi connectivity index (χ4n) is 3.60. The molecule has 0 aliphatic rings. The summed E-state index contributed by atoms with van der Waals surface area (Å²) in [5, 5.41) is 3.37. The van der Waals surface area contributed by atoms with Crippen LogP contribution in [-0.4, -0.2) is 0 Å². The molecule has 1 aromatic heterocycles. The van der Waals surface area contributed by atoms with E-state index in [1.54, 1.807) is 0 Å². The van der Waals surface area contributed by atoms with Gasteiger partial charge in [-0.15, -0.1) is 0 Å². The number of benzene rings is 3. The highest BCUT2D eigenvalue weighted by Gasteiger charge is 2.30. The van der Waals surface area contributed by atoms with Gasteiger partial charge in [-0.3, -0.25) is 0 Å². The van der Waals surface area contributed by atoms with E-state index in [0.29, 0.717) is 0 Å². The first-order valence-corrected chi connectivity index (χ1v) is 8.34. The minimum absolute atomic E-state index is 0. The summed E-state index contributed by atoms with van der Waals surface area (Å²) < 4.78 is 40.5. The summed E-state index contributed by atoms with van der Waals surface area (Å²) in [7, 11) is 2.01. The molecule has 0 aliphatic carbocycles. The van der Waals surface area contributed by atoms with E-state index < -0.39 is 11.7 Å². The number of aryl methyl sites for hydroxylation is 2. The summed E-state index contributed by atoms with van der Waals surface area (Å²) >= 11 is 0. The Morgan fingerprint density at radius 1 is 0.815 bits per heavy atom. The van der Waals surface area contributed by atoms with Gasteiger partial charge >= 0.3 is 6.18 Å². The third-order valence-electron chi connectivity index (χ3n) is 4.78. The standard InChI is InChI=1S/C22H17F3N.ClH/c1-14-11-17(15-7-9-18(10-8-15)22(23,24)25)12-20-19-6-4-3-5-16(19)13-26(2)21(14)20;/h3-13H,1-2H3;1H/q+1;/p-1. The third-order valence-corrected chi connectivity index (χ3v) is 4.78. The molecule has 1 nitrogen and oxygen atoms in total. The topological polar surface area (TPSA) is 3.88 Å². The number of pyridine rings is 1. The van der Waals surface area contributed by atoms with Crippen molar-refractivity contribution in [2.24, 2.45) is 7.05 Å². The van der Waals surface area contributed by atoms with Crippen LogP contribution in [0.3, 0.4) is 0 Å². The van der Waals surface area contributed by atoms with Crippen LogP contribution in [0.15, 0.2) is 66.9 Å². The second kappa shape index (κ2) is 6.86. The van der Waals surface area contributed by atoms with Gasteiger partial charge in [-0.1, -0.05) is 30.3 Å². The maximum Gasteiger partial charge on any atom is 0.416 e. The summed E-state index contributed by atoms with van der Waals surface area (Å²) in [4.78, 5) is 0. The molecule has 0 unspecified atom stereocenters. The van der Waals surface area contributed by atoms with Gasteiger partial charge in [0.1, 0.15) is 7.05 Å². The van der Waals surface area contributed by atoms with Crippen LogP contribution in [-0.2, 0) is 13.2 Å². The molecule has 0 amide bonds. The first-order chi connectivity index (χ1) is 12.3. The monoisotopic (exact) mass is 387 g/mol. The minimum atomic E-state index is -4.32. The van der Waals surface area contributed by atoms with E-state index in [4.69, 9.17) is 0 Å². The van der Waals surface area contributed by atoms with Gasteiger partial charge in [0.05, 0.1) is 10.9 Å². The van der Waals surface area contributed by atoms with E-state index >= 15 is 0 Å². The maximum atomic E-state index is 12.8. The van der Waals surface area contributed by atoms with E-state index in [1.165, 1.54) is 12.1 Å². The highest BCUT2D eigenvalue weighted by molar-refractivity contribution is 6.06. The van der Waals surface area contributed by atoms with E-state index in [9.17, 15) is 13.2 Å². The molecule has 0 saturated carbocycles. The highest BCUT2D eigenvalue weighted by Crippen LogP contribution is 2.33. The number of rotatable bonds is 1. The summed E-state index contributed by atoms with van der Waals surface area (Å²) in [6, 6.07) is 17.6. The zero-order valence-electron chi connectivity index (χ0n) is 14.8. The number of fused-ring (bicyclic) bond motifs is 3. The number of nitrogens with zero attached hydrogens (tertiary/aromatic N) is 1. The highest BCUT2D eigenvalue weighted by atomic mass is 35.5. The van der Waals surface area contributed by atoms with Crippen molar-refractivity contribution in [3.05, 3.63) is 78.0 Å². The van der Waals surface area contributed by atoms with Crippen LogP contribution in [0, 0.1) is 6.92 Å². The van der Waals surface area contributed by atoms with Crippen molar-refractivity contribution in [1.82, 2.24) is 0 Å². The van der Waals surface area contributed by atoms with Gasteiger partial charge in [0, 0.05) is 16.3 Å². The van der Waals surface area contributed by atoms with E-state index in [2.05, 4.69) is 29.0 Å². The molecule has 0 bridgehead atoms. The molecule has 138 valence electrons. The van der Waals surface area contributed by atoms with Crippen molar-refractivity contribution < 1.29 is 30.1 Å². The van der Waals surface area contributed by atoms with Crippen molar-refractivity contribution in [1.29, 1.82) is 0 Å². The van der Waals surface area contributed by atoms with Crippen molar-refractivity contribution in [2.75, 3.05) is 0 Å². The fraction of sp³-hybridized carbons (Fsp3) is 0.136. The molecule has 3 aromatic carbocycles.